The van der Waals surface area contributed by atoms with E-state index < -0.39 is 11.7 Å². The zero-order valence-electron chi connectivity index (χ0n) is 14.5. The van der Waals surface area contributed by atoms with Crippen molar-refractivity contribution in [2.75, 3.05) is 5.32 Å². The number of benzene rings is 1. The zero-order chi connectivity index (χ0) is 18.7. The molecule has 2 heterocycles. The van der Waals surface area contributed by atoms with Gasteiger partial charge in [-0.1, -0.05) is 25.1 Å². The summed E-state index contributed by atoms with van der Waals surface area (Å²) in [6, 6.07) is 11.0. The zero-order valence-corrected chi connectivity index (χ0v) is 14.5. The number of fused-ring (bicyclic) bond motifs is 1. The van der Waals surface area contributed by atoms with Gasteiger partial charge in [0.05, 0.1) is 11.2 Å². The first-order valence-corrected chi connectivity index (χ1v) is 8.35. The topological polar surface area (TPSA) is 75.5 Å². The minimum absolute atomic E-state index is 0.0192. The molecule has 0 saturated heterocycles. The second-order valence-electron chi connectivity index (χ2n) is 5.96. The Bertz CT molecular complexity index is 967. The molecule has 2 amide bonds. The van der Waals surface area contributed by atoms with E-state index in [9.17, 15) is 14.0 Å². The van der Waals surface area contributed by atoms with Gasteiger partial charge in [0.1, 0.15) is 5.82 Å². The summed E-state index contributed by atoms with van der Waals surface area (Å²) in [6.45, 7) is 3.85. The van der Waals surface area contributed by atoms with Gasteiger partial charge in [-0.15, -0.1) is 0 Å². The minimum atomic E-state index is -0.582. The lowest BCUT2D eigenvalue weighted by Crippen LogP contribution is -2.33. The van der Waals surface area contributed by atoms with Gasteiger partial charge in [0.2, 0.25) is 5.82 Å². The van der Waals surface area contributed by atoms with Crippen LogP contribution in [0.25, 0.3) is 5.52 Å². The molecule has 1 unspecified atom stereocenters. The van der Waals surface area contributed by atoms with Gasteiger partial charge in [-0.25, -0.2) is 9.37 Å². The van der Waals surface area contributed by atoms with Crippen LogP contribution in [0.1, 0.15) is 41.4 Å². The van der Waals surface area contributed by atoms with Gasteiger partial charge in [-0.2, -0.15) is 0 Å². The van der Waals surface area contributed by atoms with Crippen molar-refractivity contribution >= 4 is 23.0 Å². The van der Waals surface area contributed by atoms with Crippen LogP contribution in [0, 0.1) is 5.82 Å². The number of hydrogen-bond donors (Lipinski definition) is 2. The quantitative estimate of drug-likeness (QED) is 0.738. The lowest BCUT2D eigenvalue weighted by atomic mass is 10.2. The molecule has 26 heavy (non-hydrogen) atoms. The van der Waals surface area contributed by atoms with Crippen LogP contribution >= 0.6 is 0 Å². The minimum Gasteiger partial charge on any atom is -0.347 e. The van der Waals surface area contributed by atoms with Crippen molar-refractivity contribution in [2.24, 2.45) is 0 Å². The Balaban J connectivity index is 1.97. The van der Waals surface area contributed by atoms with E-state index in [1.165, 1.54) is 18.2 Å². The highest BCUT2D eigenvalue weighted by molar-refractivity contribution is 6.09. The number of nitrogens with one attached hydrogen (secondary N) is 2. The average Bonchev–Trinajstić information content (AvgIpc) is 3.03. The summed E-state index contributed by atoms with van der Waals surface area (Å²) in [7, 11) is 0. The molecular formula is C19H19FN4O2. The van der Waals surface area contributed by atoms with Crippen molar-refractivity contribution in [3.05, 3.63) is 66.0 Å². The number of hydrogen-bond acceptors (Lipinski definition) is 3. The number of para-hydroxylation sites is 1. The Kier molecular flexibility index (Phi) is 4.97. The van der Waals surface area contributed by atoms with Gasteiger partial charge in [-0.3, -0.25) is 14.0 Å². The van der Waals surface area contributed by atoms with E-state index in [2.05, 4.69) is 15.6 Å². The van der Waals surface area contributed by atoms with Crippen molar-refractivity contribution in [3.8, 4) is 0 Å². The molecule has 0 aliphatic carbocycles. The van der Waals surface area contributed by atoms with Crippen LogP contribution in [0.5, 0.6) is 0 Å². The maximum absolute atomic E-state index is 13.8. The molecule has 0 radical (unpaired) electrons. The lowest BCUT2D eigenvalue weighted by molar-refractivity contribution is 0.0928. The predicted molar refractivity (Wildman–Crippen MR) is 96.8 cm³/mol. The molecule has 134 valence electrons. The van der Waals surface area contributed by atoms with E-state index in [0.717, 1.165) is 6.42 Å². The summed E-state index contributed by atoms with van der Waals surface area (Å²) in [4.78, 5) is 29.3. The van der Waals surface area contributed by atoms with Crippen molar-refractivity contribution in [1.29, 1.82) is 0 Å². The fourth-order valence-electron chi connectivity index (χ4n) is 2.50. The van der Waals surface area contributed by atoms with Crippen molar-refractivity contribution < 1.29 is 14.0 Å². The highest BCUT2D eigenvalue weighted by Crippen LogP contribution is 2.18. The van der Waals surface area contributed by atoms with Crippen LogP contribution in [0.15, 0.2) is 48.7 Å². The Hall–Kier alpha value is -3.22. The molecule has 0 aliphatic rings. The number of carbonyl (C=O) groups is 2. The highest BCUT2D eigenvalue weighted by Gasteiger charge is 2.22. The third-order valence-electron chi connectivity index (χ3n) is 4.08. The van der Waals surface area contributed by atoms with Crippen LogP contribution in [-0.4, -0.2) is 27.2 Å². The molecule has 0 spiro atoms. The number of imidazole rings is 1. The van der Waals surface area contributed by atoms with Crippen LogP contribution in [0.3, 0.4) is 0 Å². The second-order valence-corrected chi connectivity index (χ2v) is 5.96. The Labute approximate surface area is 150 Å². The van der Waals surface area contributed by atoms with Crippen LogP contribution in [-0.2, 0) is 0 Å². The fraction of sp³-hybridized carbons (Fsp3) is 0.211. The van der Waals surface area contributed by atoms with Crippen LogP contribution in [0.4, 0.5) is 10.1 Å². The van der Waals surface area contributed by atoms with E-state index in [0.29, 0.717) is 5.52 Å². The van der Waals surface area contributed by atoms with E-state index in [1.807, 2.05) is 13.8 Å². The molecule has 1 atom stereocenters. The first kappa shape index (κ1) is 17.6. The van der Waals surface area contributed by atoms with Gasteiger partial charge in [0, 0.05) is 12.2 Å². The molecular weight excluding hydrogens is 335 g/mol. The molecule has 6 nitrogen and oxygen atoms in total. The van der Waals surface area contributed by atoms with E-state index >= 15 is 0 Å². The predicted octanol–water partition coefficient (Wildman–Crippen LogP) is 3.25. The summed E-state index contributed by atoms with van der Waals surface area (Å²) in [5.41, 5.74) is 0.582. The second kappa shape index (κ2) is 7.35. The maximum Gasteiger partial charge on any atom is 0.287 e. The van der Waals surface area contributed by atoms with Crippen molar-refractivity contribution in [1.82, 2.24) is 14.7 Å². The Morgan fingerprint density at radius 1 is 1.15 bits per heavy atom. The van der Waals surface area contributed by atoms with Gasteiger partial charge >= 0.3 is 0 Å². The normalized spacial score (nSPS) is 12.0. The lowest BCUT2D eigenvalue weighted by Gasteiger charge is -2.10. The van der Waals surface area contributed by atoms with Gasteiger partial charge < -0.3 is 10.6 Å². The highest BCUT2D eigenvalue weighted by atomic mass is 19.1. The monoisotopic (exact) mass is 354 g/mol. The molecule has 2 N–H and O–H groups in total. The third kappa shape index (κ3) is 3.42. The summed E-state index contributed by atoms with van der Waals surface area (Å²) < 4.78 is 15.3. The van der Waals surface area contributed by atoms with E-state index in [4.69, 9.17) is 0 Å². The number of amides is 2. The third-order valence-corrected chi connectivity index (χ3v) is 4.08. The summed E-state index contributed by atoms with van der Waals surface area (Å²) in [5.74, 6) is -1.38. The van der Waals surface area contributed by atoms with E-state index in [-0.39, 0.29) is 29.2 Å². The largest absolute Gasteiger partial charge is 0.347 e. The summed E-state index contributed by atoms with van der Waals surface area (Å²) in [5, 5.41) is 5.34. The van der Waals surface area contributed by atoms with Gasteiger partial charge in [-0.05, 0) is 37.6 Å². The summed E-state index contributed by atoms with van der Waals surface area (Å²) >= 11 is 0. The number of aromatic nitrogens is 2. The number of rotatable bonds is 5. The molecule has 3 rings (SSSR count). The van der Waals surface area contributed by atoms with Crippen molar-refractivity contribution in [2.45, 2.75) is 26.3 Å². The Morgan fingerprint density at radius 3 is 2.62 bits per heavy atom. The SMILES string of the molecule is CCC(C)NC(=O)c1nc(C(=O)Nc2ccccc2F)c2ccccn12. The molecule has 0 aliphatic heterocycles. The van der Waals surface area contributed by atoms with E-state index in [1.54, 1.807) is 34.9 Å². The smallest absolute Gasteiger partial charge is 0.287 e. The molecule has 3 aromatic rings. The van der Waals surface area contributed by atoms with Crippen LogP contribution < -0.4 is 10.6 Å². The first-order chi connectivity index (χ1) is 12.5. The summed E-state index contributed by atoms with van der Waals surface area (Å²) in [6.07, 6.45) is 2.43. The molecule has 0 saturated carbocycles. The van der Waals surface area contributed by atoms with Gasteiger partial charge in [0.25, 0.3) is 11.8 Å². The number of halogens is 1. The molecule has 0 bridgehead atoms. The molecule has 2 aromatic heterocycles. The standard InChI is InChI=1S/C19H19FN4O2/c1-3-12(2)21-19(26)17-23-16(15-10-6-7-11-24(15)17)18(25)22-14-9-5-4-8-13(14)20/h4-12H,3H2,1-2H3,(H,21,26)(H,22,25). The number of anilines is 1. The van der Waals surface area contributed by atoms with Crippen LogP contribution in [0.2, 0.25) is 0 Å². The number of nitrogens with zero attached hydrogens (tertiary/aromatic N) is 2. The maximum atomic E-state index is 13.8. The molecule has 0 fully saturated rings. The average molecular weight is 354 g/mol. The number of pyridine rings is 1. The Morgan fingerprint density at radius 2 is 1.88 bits per heavy atom. The molecule has 7 heteroatoms. The fourth-order valence-corrected chi connectivity index (χ4v) is 2.50. The van der Waals surface area contributed by atoms with Crippen molar-refractivity contribution in [3.63, 3.8) is 0 Å². The first-order valence-electron chi connectivity index (χ1n) is 8.35. The molecule has 1 aromatic carbocycles. The number of carbonyl (C=O) groups excluding carboxylic acids is 2. The van der Waals surface area contributed by atoms with Gasteiger partial charge in [0.15, 0.2) is 5.69 Å².